The molecule has 140 valence electrons. The largest absolute Gasteiger partial charge is 0.335 e. The number of nitrogens with one attached hydrogen (secondary N) is 1. The van der Waals surface area contributed by atoms with Crippen LogP contribution in [0.3, 0.4) is 0 Å². The molecule has 26 heavy (non-hydrogen) atoms. The molecule has 1 atom stereocenters. The monoisotopic (exact) mass is 373 g/mol. The molecule has 0 radical (unpaired) electrons. The number of nitrogens with zero attached hydrogens (tertiary/aromatic N) is 4. The van der Waals surface area contributed by atoms with E-state index in [4.69, 9.17) is 0 Å². The lowest BCUT2D eigenvalue weighted by Crippen LogP contribution is -2.48. The molecule has 3 heterocycles. The Morgan fingerprint density at radius 1 is 1.19 bits per heavy atom. The summed E-state index contributed by atoms with van der Waals surface area (Å²) in [6, 6.07) is 0.475. The molecule has 1 aliphatic heterocycles. The molecule has 7 heteroatoms. The molecule has 4 rings (SSSR count). The Hall–Kier alpha value is -1.89. The van der Waals surface area contributed by atoms with E-state index in [9.17, 15) is 4.79 Å². The predicted molar refractivity (Wildman–Crippen MR) is 102 cm³/mol. The molecule has 1 aliphatic carbocycles. The van der Waals surface area contributed by atoms with Crippen molar-refractivity contribution < 1.29 is 4.79 Å². The van der Waals surface area contributed by atoms with Crippen LogP contribution < -0.4 is 5.32 Å². The maximum Gasteiger partial charge on any atom is 0.317 e. The van der Waals surface area contributed by atoms with Crippen LogP contribution in [0.1, 0.15) is 62.4 Å². The third kappa shape index (κ3) is 4.09. The number of amides is 2. The molecule has 2 aliphatic rings. The average Bonchev–Trinajstić information content (AvgIpc) is 3.35. The Bertz CT molecular complexity index is 707. The van der Waals surface area contributed by atoms with Gasteiger partial charge in [0.25, 0.3) is 0 Å². The van der Waals surface area contributed by atoms with E-state index >= 15 is 0 Å². The summed E-state index contributed by atoms with van der Waals surface area (Å²) in [5.74, 6) is 1.38. The number of imidazole rings is 1. The molecule has 1 saturated heterocycles. The Balaban J connectivity index is 1.39. The second-order valence-electron chi connectivity index (χ2n) is 7.46. The van der Waals surface area contributed by atoms with Crippen molar-refractivity contribution in [2.45, 2.75) is 63.5 Å². The SMILES string of the molecule is O=C(NC1CCCCC1)N1CCCC(c2nccn2Cc2cscn2)C1. The maximum absolute atomic E-state index is 12.7. The standard InChI is InChI=1S/C19H27N5OS/c25-19(22-16-6-2-1-3-7-16)24-9-4-5-15(11-24)18-20-8-10-23(18)12-17-13-26-14-21-17/h8,10,13-16H,1-7,9,11-12H2,(H,22,25). The van der Waals surface area contributed by atoms with E-state index in [-0.39, 0.29) is 6.03 Å². The lowest BCUT2D eigenvalue weighted by molar-refractivity contribution is 0.171. The number of hydrogen-bond acceptors (Lipinski definition) is 4. The molecule has 0 spiro atoms. The highest BCUT2D eigenvalue weighted by molar-refractivity contribution is 7.07. The van der Waals surface area contributed by atoms with Gasteiger partial charge in [0.1, 0.15) is 5.82 Å². The van der Waals surface area contributed by atoms with E-state index in [2.05, 4.69) is 25.2 Å². The normalized spacial score (nSPS) is 21.7. The number of carbonyl (C=O) groups excluding carboxylic acids is 1. The number of carbonyl (C=O) groups is 1. The fraction of sp³-hybridized carbons (Fsp3) is 0.632. The summed E-state index contributed by atoms with van der Waals surface area (Å²) in [5, 5.41) is 5.33. The molecule has 1 N–H and O–H groups in total. The van der Waals surface area contributed by atoms with Crippen molar-refractivity contribution in [3.8, 4) is 0 Å². The fourth-order valence-corrected chi connectivity index (χ4v) is 4.74. The van der Waals surface area contributed by atoms with Gasteiger partial charge in [-0.15, -0.1) is 11.3 Å². The quantitative estimate of drug-likeness (QED) is 0.890. The molecule has 2 amide bonds. The first-order chi connectivity index (χ1) is 12.8. The fourth-order valence-electron chi connectivity index (χ4n) is 4.19. The third-order valence-corrected chi connectivity index (χ3v) is 6.21. The molecule has 2 fully saturated rings. The Kier molecular flexibility index (Phi) is 5.53. The zero-order chi connectivity index (χ0) is 17.8. The summed E-state index contributed by atoms with van der Waals surface area (Å²) in [7, 11) is 0. The molecule has 0 bridgehead atoms. The predicted octanol–water partition coefficient (Wildman–Crippen LogP) is 3.61. The van der Waals surface area contributed by atoms with Crippen molar-refractivity contribution in [3.63, 3.8) is 0 Å². The summed E-state index contributed by atoms with van der Waals surface area (Å²) >= 11 is 1.62. The third-order valence-electron chi connectivity index (χ3n) is 5.57. The number of hydrogen-bond donors (Lipinski definition) is 1. The minimum absolute atomic E-state index is 0.110. The van der Waals surface area contributed by atoms with Gasteiger partial charge < -0.3 is 14.8 Å². The first-order valence-corrected chi connectivity index (χ1v) is 10.7. The van der Waals surface area contributed by atoms with Crippen LogP contribution in [-0.2, 0) is 6.54 Å². The summed E-state index contributed by atoms with van der Waals surface area (Å²) in [6.07, 6.45) is 12.0. The van der Waals surface area contributed by atoms with Crippen molar-refractivity contribution in [1.82, 2.24) is 24.8 Å². The van der Waals surface area contributed by atoms with Crippen LogP contribution in [0.15, 0.2) is 23.3 Å². The van der Waals surface area contributed by atoms with Crippen LogP contribution in [0.4, 0.5) is 4.79 Å². The van der Waals surface area contributed by atoms with E-state index in [1.54, 1.807) is 11.3 Å². The van der Waals surface area contributed by atoms with E-state index in [1.807, 2.05) is 22.8 Å². The molecular weight excluding hydrogens is 346 g/mol. The second-order valence-corrected chi connectivity index (χ2v) is 8.18. The van der Waals surface area contributed by atoms with Crippen LogP contribution >= 0.6 is 11.3 Å². The number of thiazole rings is 1. The highest BCUT2D eigenvalue weighted by Crippen LogP contribution is 2.27. The molecule has 0 aromatic carbocycles. The van der Waals surface area contributed by atoms with Crippen molar-refractivity contribution in [1.29, 1.82) is 0 Å². The molecule has 1 saturated carbocycles. The molecule has 1 unspecified atom stereocenters. The lowest BCUT2D eigenvalue weighted by Gasteiger charge is -2.34. The van der Waals surface area contributed by atoms with Gasteiger partial charge in [0.05, 0.1) is 17.7 Å². The van der Waals surface area contributed by atoms with Crippen LogP contribution in [-0.4, -0.2) is 44.6 Å². The van der Waals surface area contributed by atoms with Gasteiger partial charge in [-0.3, -0.25) is 0 Å². The molecule has 2 aromatic heterocycles. The topological polar surface area (TPSA) is 63.1 Å². The van der Waals surface area contributed by atoms with Gasteiger partial charge in [-0.1, -0.05) is 19.3 Å². The lowest BCUT2D eigenvalue weighted by atomic mass is 9.95. The Morgan fingerprint density at radius 2 is 2.08 bits per heavy atom. The smallest absolute Gasteiger partial charge is 0.317 e. The summed E-state index contributed by atoms with van der Waals surface area (Å²) in [5.41, 5.74) is 2.93. The van der Waals surface area contributed by atoms with Crippen LogP contribution in [0, 0.1) is 0 Å². The van der Waals surface area contributed by atoms with Gasteiger partial charge in [0.15, 0.2) is 0 Å². The van der Waals surface area contributed by atoms with Crippen molar-refractivity contribution in [2.75, 3.05) is 13.1 Å². The average molecular weight is 374 g/mol. The summed E-state index contributed by atoms with van der Waals surface area (Å²) in [4.78, 5) is 23.7. The molecule has 6 nitrogen and oxygen atoms in total. The van der Waals surface area contributed by atoms with Crippen molar-refractivity contribution in [3.05, 3.63) is 34.8 Å². The highest BCUT2D eigenvalue weighted by atomic mass is 32.1. The number of rotatable bonds is 4. The van der Waals surface area contributed by atoms with Crippen molar-refractivity contribution in [2.24, 2.45) is 0 Å². The Labute approximate surface area is 158 Å². The van der Waals surface area contributed by atoms with Gasteiger partial charge in [0, 0.05) is 42.8 Å². The number of likely N-dealkylation sites (tertiary alicyclic amines) is 1. The van der Waals surface area contributed by atoms with Crippen LogP contribution in [0.2, 0.25) is 0 Å². The van der Waals surface area contributed by atoms with Gasteiger partial charge in [-0.25, -0.2) is 14.8 Å². The first kappa shape index (κ1) is 17.5. The van der Waals surface area contributed by atoms with E-state index in [0.29, 0.717) is 12.0 Å². The van der Waals surface area contributed by atoms with Crippen molar-refractivity contribution >= 4 is 17.4 Å². The Morgan fingerprint density at radius 3 is 2.88 bits per heavy atom. The maximum atomic E-state index is 12.7. The van der Waals surface area contributed by atoms with Gasteiger partial charge in [-0.05, 0) is 25.7 Å². The van der Waals surface area contributed by atoms with Crippen LogP contribution in [0.25, 0.3) is 0 Å². The van der Waals surface area contributed by atoms with Gasteiger partial charge in [0.2, 0.25) is 0 Å². The van der Waals surface area contributed by atoms with Gasteiger partial charge >= 0.3 is 6.03 Å². The van der Waals surface area contributed by atoms with E-state index < -0.39 is 0 Å². The number of aromatic nitrogens is 3. The summed E-state index contributed by atoms with van der Waals surface area (Å²) < 4.78 is 2.18. The summed E-state index contributed by atoms with van der Waals surface area (Å²) in [6.45, 7) is 2.36. The van der Waals surface area contributed by atoms with Gasteiger partial charge in [-0.2, -0.15) is 0 Å². The minimum Gasteiger partial charge on any atom is -0.335 e. The first-order valence-electron chi connectivity index (χ1n) is 9.73. The number of piperidine rings is 1. The van der Waals surface area contributed by atoms with Crippen LogP contribution in [0.5, 0.6) is 0 Å². The molecular formula is C19H27N5OS. The van der Waals surface area contributed by atoms with E-state index in [0.717, 1.165) is 56.8 Å². The minimum atomic E-state index is 0.110. The zero-order valence-electron chi connectivity index (χ0n) is 15.1. The number of urea groups is 1. The second kappa shape index (κ2) is 8.20. The molecule has 2 aromatic rings. The zero-order valence-corrected chi connectivity index (χ0v) is 16.0. The van der Waals surface area contributed by atoms with E-state index in [1.165, 1.54) is 19.3 Å². The highest BCUT2D eigenvalue weighted by Gasteiger charge is 2.28.